The van der Waals surface area contributed by atoms with Gasteiger partial charge < -0.3 is 15.7 Å². The first-order valence-corrected chi connectivity index (χ1v) is 5.27. The number of pyridine rings is 1. The molecule has 5 heteroatoms. The molecule has 2 rings (SSSR count). The highest BCUT2D eigenvalue weighted by Gasteiger charge is 2.23. The van der Waals surface area contributed by atoms with Crippen molar-refractivity contribution in [1.82, 2.24) is 4.98 Å². The fourth-order valence-corrected chi connectivity index (χ4v) is 1.92. The highest BCUT2D eigenvalue weighted by Crippen LogP contribution is 2.23. The highest BCUT2D eigenvalue weighted by molar-refractivity contribution is 5.55. The summed E-state index contributed by atoms with van der Waals surface area (Å²) in [7, 11) is 0. The minimum atomic E-state index is 0.205. The molecule has 0 saturated carbocycles. The number of aliphatic hydroxyl groups is 1. The minimum Gasteiger partial charge on any atom is -0.396 e. The van der Waals surface area contributed by atoms with Crippen molar-refractivity contribution >= 4 is 11.5 Å². The predicted octanol–water partition coefficient (Wildman–Crippen LogP) is 0.354. The fourth-order valence-electron chi connectivity index (χ4n) is 1.92. The molecule has 0 radical (unpaired) electrons. The Bertz CT molecular complexity index is 426. The van der Waals surface area contributed by atoms with E-state index < -0.39 is 0 Å². The van der Waals surface area contributed by atoms with Crippen molar-refractivity contribution in [3.8, 4) is 6.07 Å². The molecule has 0 aromatic carbocycles. The summed E-state index contributed by atoms with van der Waals surface area (Å²) in [6, 6.07) is 5.49. The molecule has 0 bridgehead atoms. The molecule has 3 N–H and O–H groups in total. The number of rotatable bonds is 2. The number of aliphatic hydroxyl groups excluding tert-OH is 1. The van der Waals surface area contributed by atoms with Crippen LogP contribution in [0.2, 0.25) is 0 Å². The normalized spacial score (nSPS) is 19.8. The zero-order valence-electron chi connectivity index (χ0n) is 8.93. The second kappa shape index (κ2) is 4.37. The van der Waals surface area contributed by atoms with Gasteiger partial charge in [-0.1, -0.05) is 0 Å². The Balaban J connectivity index is 2.19. The van der Waals surface area contributed by atoms with Crippen molar-refractivity contribution in [3.05, 3.63) is 17.8 Å². The van der Waals surface area contributed by atoms with Crippen molar-refractivity contribution in [2.24, 2.45) is 5.92 Å². The summed E-state index contributed by atoms with van der Waals surface area (Å²) in [5, 5.41) is 17.9. The lowest BCUT2D eigenvalue weighted by Crippen LogP contribution is -2.22. The van der Waals surface area contributed by atoms with Gasteiger partial charge in [-0.2, -0.15) is 5.26 Å². The predicted molar refractivity (Wildman–Crippen MR) is 60.8 cm³/mol. The molecular weight excluding hydrogens is 204 g/mol. The van der Waals surface area contributed by atoms with Crippen LogP contribution >= 0.6 is 0 Å². The second-order valence-corrected chi connectivity index (χ2v) is 4.00. The average Bonchev–Trinajstić information content (AvgIpc) is 2.78. The van der Waals surface area contributed by atoms with Gasteiger partial charge >= 0.3 is 0 Å². The molecule has 5 nitrogen and oxygen atoms in total. The molecular formula is C11H14N4O. The van der Waals surface area contributed by atoms with Crippen LogP contribution in [0.4, 0.5) is 11.5 Å². The summed E-state index contributed by atoms with van der Waals surface area (Å²) in [6.45, 7) is 1.86. The lowest BCUT2D eigenvalue weighted by molar-refractivity contribution is 0.238. The Labute approximate surface area is 94.1 Å². The molecule has 1 unspecified atom stereocenters. The largest absolute Gasteiger partial charge is 0.396 e. The first-order chi connectivity index (χ1) is 7.74. The zero-order valence-corrected chi connectivity index (χ0v) is 8.93. The maximum atomic E-state index is 9.06. The van der Waals surface area contributed by atoms with Crippen LogP contribution in [0.5, 0.6) is 0 Å². The van der Waals surface area contributed by atoms with Gasteiger partial charge in [-0.3, -0.25) is 0 Å². The van der Waals surface area contributed by atoms with Crippen molar-refractivity contribution in [2.45, 2.75) is 6.42 Å². The van der Waals surface area contributed by atoms with Gasteiger partial charge in [-0.05, 0) is 18.6 Å². The van der Waals surface area contributed by atoms with Gasteiger partial charge in [0.15, 0.2) is 5.69 Å². The smallest absolute Gasteiger partial charge is 0.165 e. The summed E-state index contributed by atoms with van der Waals surface area (Å²) >= 11 is 0. The van der Waals surface area contributed by atoms with E-state index in [1.807, 2.05) is 12.1 Å². The lowest BCUT2D eigenvalue weighted by atomic mass is 10.1. The topological polar surface area (TPSA) is 86.2 Å². The fraction of sp³-hybridized carbons (Fsp3) is 0.455. The van der Waals surface area contributed by atoms with Crippen molar-refractivity contribution in [3.63, 3.8) is 0 Å². The summed E-state index contributed by atoms with van der Waals surface area (Å²) in [5.41, 5.74) is 6.28. The Morgan fingerprint density at radius 2 is 2.44 bits per heavy atom. The SMILES string of the molecule is N#Cc1nc(N2CCC(CO)C2)ccc1N. The molecule has 2 heterocycles. The molecule has 1 aromatic heterocycles. The van der Waals surface area contributed by atoms with Gasteiger partial charge in [0.25, 0.3) is 0 Å². The first-order valence-electron chi connectivity index (χ1n) is 5.27. The van der Waals surface area contributed by atoms with Gasteiger partial charge in [0, 0.05) is 25.6 Å². The van der Waals surface area contributed by atoms with E-state index in [1.54, 1.807) is 6.07 Å². The van der Waals surface area contributed by atoms with Crippen LogP contribution in [0.25, 0.3) is 0 Å². The molecule has 0 amide bonds. The summed E-state index contributed by atoms with van der Waals surface area (Å²) in [4.78, 5) is 6.27. The number of hydrogen-bond acceptors (Lipinski definition) is 5. The quantitative estimate of drug-likeness (QED) is 0.748. The number of nitrogens with zero attached hydrogens (tertiary/aromatic N) is 3. The maximum Gasteiger partial charge on any atom is 0.165 e. The summed E-state index contributed by atoms with van der Waals surface area (Å²) in [5.74, 6) is 1.08. The molecule has 1 saturated heterocycles. The number of anilines is 2. The third kappa shape index (κ3) is 1.92. The van der Waals surface area contributed by atoms with Crippen molar-refractivity contribution in [1.29, 1.82) is 5.26 Å². The van der Waals surface area contributed by atoms with Crippen LogP contribution in [-0.2, 0) is 0 Å². The van der Waals surface area contributed by atoms with Crippen LogP contribution in [0.1, 0.15) is 12.1 Å². The molecule has 0 spiro atoms. The lowest BCUT2D eigenvalue weighted by Gasteiger charge is -2.17. The Hall–Kier alpha value is -1.80. The van der Waals surface area contributed by atoms with Gasteiger partial charge in [0.2, 0.25) is 0 Å². The third-order valence-electron chi connectivity index (χ3n) is 2.89. The van der Waals surface area contributed by atoms with Gasteiger partial charge in [0.05, 0.1) is 5.69 Å². The van der Waals surface area contributed by atoms with E-state index in [9.17, 15) is 0 Å². The van der Waals surface area contributed by atoms with Crippen LogP contribution in [0, 0.1) is 17.2 Å². The summed E-state index contributed by atoms with van der Waals surface area (Å²) < 4.78 is 0. The number of nitrogens with two attached hydrogens (primary N) is 1. The molecule has 16 heavy (non-hydrogen) atoms. The van der Waals surface area contributed by atoms with Crippen molar-refractivity contribution < 1.29 is 5.11 Å². The van der Waals surface area contributed by atoms with E-state index in [-0.39, 0.29) is 12.3 Å². The molecule has 1 aliphatic rings. The summed E-state index contributed by atoms with van der Waals surface area (Å²) in [6.07, 6.45) is 0.963. The van der Waals surface area contributed by atoms with Crippen LogP contribution < -0.4 is 10.6 Å². The van der Waals surface area contributed by atoms with E-state index in [2.05, 4.69) is 9.88 Å². The van der Waals surface area contributed by atoms with E-state index in [1.165, 1.54) is 0 Å². The molecule has 1 aliphatic heterocycles. The van der Waals surface area contributed by atoms with Gasteiger partial charge in [-0.25, -0.2) is 4.98 Å². The number of nitrogen functional groups attached to an aromatic ring is 1. The molecule has 1 aromatic rings. The number of hydrogen-bond donors (Lipinski definition) is 2. The van der Waals surface area contributed by atoms with Crippen LogP contribution in [0.15, 0.2) is 12.1 Å². The van der Waals surface area contributed by atoms with E-state index in [0.717, 1.165) is 25.3 Å². The van der Waals surface area contributed by atoms with E-state index in [0.29, 0.717) is 11.6 Å². The zero-order chi connectivity index (χ0) is 11.5. The monoisotopic (exact) mass is 218 g/mol. The Morgan fingerprint density at radius 3 is 3.06 bits per heavy atom. The third-order valence-corrected chi connectivity index (χ3v) is 2.89. The molecule has 1 fully saturated rings. The average molecular weight is 218 g/mol. The second-order valence-electron chi connectivity index (χ2n) is 4.00. The van der Waals surface area contributed by atoms with E-state index in [4.69, 9.17) is 16.1 Å². The Morgan fingerprint density at radius 1 is 1.62 bits per heavy atom. The molecule has 84 valence electrons. The van der Waals surface area contributed by atoms with Gasteiger partial charge in [0.1, 0.15) is 11.9 Å². The number of nitriles is 1. The number of aromatic nitrogens is 1. The highest BCUT2D eigenvalue weighted by atomic mass is 16.3. The Kier molecular flexibility index (Phi) is 2.93. The maximum absolute atomic E-state index is 9.06. The van der Waals surface area contributed by atoms with Crippen LogP contribution in [0.3, 0.4) is 0 Å². The van der Waals surface area contributed by atoms with Crippen molar-refractivity contribution in [2.75, 3.05) is 30.3 Å². The minimum absolute atomic E-state index is 0.205. The van der Waals surface area contributed by atoms with Gasteiger partial charge in [-0.15, -0.1) is 0 Å². The standard InChI is InChI=1S/C11H14N4O/c12-5-10-9(13)1-2-11(14-10)15-4-3-8(6-15)7-16/h1-2,8,16H,3-4,6-7,13H2. The van der Waals surface area contributed by atoms with Crippen LogP contribution in [-0.4, -0.2) is 29.8 Å². The molecule has 0 aliphatic carbocycles. The van der Waals surface area contributed by atoms with E-state index >= 15 is 0 Å². The first kappa shape index (κ1) is 10.7. The molecule has 1 atom stereocenters.